The number of carbonyl (C=O) groups is 1. The molecule has 1 N–H and O–H groups in total. The molecule has 1 aromatic rings. The summed E-state index contributed by atoms with van der Waals surface area (Å²) in [4.78, 5) is 19.6. The normalized spacial score (nSPS) is 15.0. The standard InChI is InChI=1S/C8H9N3OS/c1-13-8-10-4-5-6(12)2-3-9-7(5)11-8/h4H,2-3H2,1H3,(H,9,10,11). The monoisotopic (exact) mass is 195 g/mol. The van der Waals surface area contributed by atoms with Crippen LogP contribution in [-0.4, -0.2) is 28.6 Å². The van der Waals surface area contributed by atoms with E-state index >= 15 is 0 Å². The first kappa shape index (κ1) is 8.50. The van der Waals surface area contributed by atoms with Crippen LogP contribution in [0.1, 0.15) is 16.8 Å². The van der Waals surface area contributed by atoms with Crippen LogP contribution in [0.3, 0.4) is 0 Å². The van der Waals surface area contributed by atoms with Crippen LogP contribution < -0.4 is 5.32 Å². The number of aromatic nitrogens is 2. The van der Waals surface area contributed by atoms with Crippen LogP contribution in [0.4, 0.5) is 5.82 Å². The minimum atomic E-state index is 0.126. The summed E-state index contributed by atoms with van der Waals surface area (Å²) in [6.45, 7) is 0.677. The Morgan fingerprint density at radius 3 is 3.23 bits per heavy atom. The molecule has 0 spiro atoms. The molecule has 0 saturated carbocycles. The molecule has 0 atom stereocenters. The van der Waals surface area contributed by atoms with Gasteiger partial charge in [-0.2, -0.15) is 0 Å². The topological polar surface area (TPSA) is 54.9 Å². The Kier molecular flexibility index (Phi) is 2.18. The third kappa shape index (κ3) is 1.51. The van der Waals surface area contributed by atoms with Crippen LogP contribution in [0.25, 0.3) is 0 Å². The maximum absolute atomic E-state index is 11.4. The number of Topliss-reactive ketones (excluding diaryl/α,β-unsaturated/α-hetero) is 1. The second-order valence-electron chi connectivity index (χ2n) is 2.72. The lowest BCUT2D eigenvalue weighted by atomic mass is 10.1. The predicted octanol–water partition coefficient (Wildman–Crippen LogP) is 1.20. The molecule has 1 aliphatic heterocycles. The zero-order valence-corrected chi connectivity index (χ0v) is 8.02. The lowest BCUT2D eigenvalue weighted by Crippen LogP contribution is -2.19. The van der Waals surface area contributed by atoms with E-state index in [4.69, 9.17) is 0 Å². The van der Waals surface area contributed by atoms with Gasteiger partial charge < -0.3 is 5.32 Å². The molecule has 0 aliphatic carbocycles. The third-order valence-corrected chi connectivity index (χ3v) is 2.46. The highest BCUT2D eigenvalue weighted by atomic mass is 32.2. The van der Waals surface area contributed by atoms with Crippen LogP contribution in [-0.2, 0) is 0 Å². The molecule has 0 fully saturated rings. The molecule has 2 rings (SSSR count). The number of ketones is 1. The highest BCUT2D eigenvalue weighted by Crippen LogP contribution is 2.20. The molecule has 0 bridgehead atoms. The Balaban J connectivity index is 2.45. The maximum Gasteiger partial charge on any atom is 0.189 e. The lowest BCUT2D eigenvalue weighted by molar-refractivity contribution is 0.0982. The SMILES string of the molecule is CSc1ncc2c(n1)NCCC2=O. The van der Waals surface area contributed by atoms with Crippen LogP contribution in [0, 0.1) is 0 Å². The number of anilines is 1. The van der Waals surface area contributed by atoms with E-state index in [9.17, 15) is 4.79 Å². The number of thioether (sulfide) groups is 1. The third-order valence-electron chi connectivity index (χ3n) is 1.89. The van der Waals surface area contributed by atoms with Crippen molar-refractivity contribution in [3.05, 3.63) is 11.8 Å². The summed E-state index contributed by atoms with van der Waals surface area (Å²) in [6.07, 6.45) is 4.05. The van der Waals surface area contributed by atoms with E-state index in [0.717, 1.165) is 0 Å². The van der Waals surface area contributed by atoms with Crippen LogP contribution in [0.2, 0.25) is 0 Å². The molecule has 4 nitrogen and oxygen atoms in total. The smallest absolute Gasteiger partial charge is 0.189 e. The van der Waals surface area contributed by atoms with Gasteiger partial charge in [-0.3, -0.25) is 4.79 Å². The van der Waals surface area contributed by atoms with Gasteiger partial charge in [0.2, 0.25) is 0 Å². The first-order valence-electron chi connectivity index (χ1n) is 3.99. The first-order chi connectivity index (χ1) is 6.31. The maximum atomic E-state index is 11.4. The van der Waals surface area contributed by atoms with Crippen LogP contribution in [0.15, 0.2) is 11.4 Å². The summed E-state index contributed by atoms with van der Waals surface area (Å²) in [5.74, 6) is 0.803. The molecule has 0 amide bonds. The molecule has 2 heterocycles. The molecule has 1 aliphatic rings. The van der Waals surface area contributed by atoms with Crippen molar-refractivity contribution < 1.29 is 4.79 Å². The lowest BCUT2D eigenvalue weighted by Gasteiger charge is -2.15. The fourth-order valence-corrected chi connectivity index (χ4v) is 1.57. The summed E-state index contributed by atoms with van der Waals surface area (Å²) >= 11 is 1.47. The molecule has 0 unspecified atom stereocenters. The number of hydrogen-bond acceptors (Lipinski definition) is 5. The number of carbonyl (C=O) groups excluding carboxylic acids is 1. The summed E-state index contributed by atoms with van der Waals surface area (Å²) in [5, 5.41) is 3.78. The van der Waals surface area contributed by atoms with Gasteiger partial charge in [-0.1, -0.05) is 11.8 Å². The Hall–Kier alpha value is -1.10. The Morgan fingerprint density at radius 2 is 2.46 bits per heavy atom. The fourth-order valence-electron chi connectivity index (χ4n) is 1.23. The quantitative estimate of drug-likeness (QED) is 0.539. The molecule has 1 aromatic heterocycles. The molecule has 0 aromatic carbocycles. The van der Waals surface area contributed by atoms with E-state index in [2.05, 4.69) is 15.3 Å². The number of nitrogens with one attached hydrogen (secondary N) is 1. The summed E-state index contributed by atoms with van der Waals surface area (Å²) in [7, 11) is 0. The first-order valence-corrected chi connectivity index (χ1v) is 5.22. The Labute approximate surface area is 80.2 Å². The fraction of sp³-hybridized carbons (Fsp3) is 0.375. The van der Waals surface area contributed by atoms with Gasteiger partial charge in [0.1, 0.15) is 5.82 Å². The molecule has 5 heteroatoms. The molecular weight excluding hydrogens is 186 g/mol. The van der Waals surface area contributed by atoms with Crippen LogP contribution in [0.5, 0.6) is 0 Å². The van der Waals surface area contributed by atoms with Crippen molar-refractivity contribution in [2.45, 2.75) is 11.6 Å². The van der Waals surface area contributed by atoms with Gasteiger partial charge in [0.05, 0.1) is 5.56 Å². The molecule has 68 valence electrons. The van der Waals surface area contributed by atoms with E-state index in [1.54, 1.807) is 6.20 Å². The van der Waals surface area contributed by atoms with Gasteiger partial charge in [0.15, 0.2) is 10.9 Å². The average molecular weight is 195 g/mol. The van der Waals surface area contributed by atoms with Gasteiger partial charge in [-0.15, -0.1) is 0 Å². The Morgan fingerprint density at radius 1 is 1.62 bits per heavy atom. The van der Waals surface area contributed by atoms with Gasteiger partial charge in [-0.05, 0) is 6.26 Å². The molecule has 0 saturated heterocycles. The second kappa shape index (κ2) is 3.33. The summed E-state index contributed by atoms with van der Waals surface area (Å²) in [5.41, 5.74) is 0.615. The number of hydrogen-bond donors (Lipinski definition) is 1. The minimum absolute atomic E-state index is 0.126. The van der Waals surface area contributed by atoms with Crippen molar-refractivity contribution in [1.29, 1.82) is 0 Å². The van der Waals surface area contributed by atoms with Crippen molar-refractivity contribution in [2.24, 2.45) is 0 Å². The highest BCUT2D eigenvalue weighted by Gasteiger charge is 2.18. The van der Waals surface area contributed by atoms with E-state index in [-0.39, 0.29) is 5.78 Å². The Bertz CT molecular complexity index is 353. The van der Waals surface area contributed by atoms with Gasteiger partial charge in [-0.25, -0.2) is 9.97 Å². The molecular formula is C8H9N3OS. The summed E-state index contributed by atoms with van der Waals surface area (Å²) in [6, 6.07) is 0. The summed E-state index contributed by atoms with van der Waals surface area (Å²) < 4.78 is 0. The van der Waals surface area contributed by atoms with E-state index in [0.29, 0.717) is 29.5 Å². The van der Waals surface area contributed by atoms with Crippen molar-refractivity contribution >= 4 is 23.4 Å². The van der Waals surface area contributed by atoms with E-state index in [1.165, 1.54) is 11.8 Å². The van der Waals surface area contributed by atoms with Crippen molar-refractivity contribution in [2.75, 3.05) is 18.1 Å². The predicted molar refractivity (Wildman–Crippen MR) is 51.3 cm³/mol. The molecule has 0 radical (unpaired) electrons. The number of fused-ring (bicyclic) bond motifs is 1. The number of nitrogens with zero attached hydrogens (tertiary/aromatic N) is 2. The minimum Gasteiger partial charge on any atom is -0.369 e. The van der Waals surface area contributed by atoms with Gasteiger partial charge >= 0.3 is 0 Å². The average Bonchev–Trinajstić information content (AvgIpc) is 2.18. The van der Waals surface area contributed by atoms with Gasteiger partial charge in [0.25, 0.3) is 0 Å². The van der Waals surface area contributed by atoms with Gasteiger partial charge in [0, 0.05) is 19.2 Å². The second-order valence-corrected chi connectivity index (χ2v) is 3.49. The largest absolute Gasteiger partial charge is 0.369 e. The zero-order valence-electron chi connectivity index (χ0n) is 7.20. The highest BCUT2D eigenvalue weighted by molar-refractivity contribution is 7.98. The van der Waals surface area contributed by atoms with Crippen molar-refractivity contribution in [3.63, 3.8) is 0 Å². The van der Waals surface area contributed by atoms with Crippen LogP contribution >= 0.6 is 11.8 Å². The zero-order chi connectivity index (χ0) is 9.26. The van der Waals surface area contributed by atoms with E-state index < -0.39 is 0 Å². The number of rotatable bonds is 1. The molecule has 13 heavy (non-hydrogen) atoms. The van der Waals surface area contributed by atoms with E-state index in [1.807, 2.05) is 6.26 Å². The van der Waals surface area contributed by atoms with Crippen molar-refractivity contribution in [3.8, 4) is 0 Å². The van der Waals surface area contributed by atoms with Crippen molar-refractivity contribution in [1.82, 2.24) is 9.97 Å².